The zero-order valence-electron chi connectivity index (χ0n) is 11.7. The minimum absolute atomic E-state index is 0.151. The molecule has 1 aromatic carbocycles. The smallest absolute Gasteiger partial charge is 0.293 e. The third-order valence-corrected chi connectivity index (χ3v) is 2.97. The van der Waals surface area contributed by atoms with Gasteiger partial charge in [-0.2, -0.15) is 14.9 Å². The van der Waals surface area contributed by atoms with E-state index in [1.54, 1.807) is 6.21 Å². The molecule has 0 saturated heterocycles. The van der Waals surface area contributed by atoms with Crippen molar-refractivity contribution >= 4 is 18.4 Å². The number of ether oxygens (including phenoxy) is 1. The number of hydrogen-bond donors (Lipinski definition) is 1. The van der Waals surface area contributed by atoms with Gasteiger partial charge in [0.1, 0.15) is 11.9 Å². The summed E-state index contributed by atoms with van der Waals surface area (Å²) in [7, 11) is 0. The molecule has 0 aliphatic carbocycles. The number of benzene rings is 1. The van der Waals surface area contributed by atoms with E-state index in [2.05, 4.69) is 22.2 Å². The van der Waals surface area contributed by atoms with Crippen LogP contribution in [0.2, 0.25) is 0 Å². The van der Waals surface area contributed by atoms with Crippen LogP contribution in [0.25, 0.3) is 0 Å². The van der Waals surface area contributed by atoms with Gasteiger partial charge in [0, 0.05) is 0 Å². The van der Waals surface area contributed by atoms with Crippen molar-refractivity contribution in [1.29, 1.82) is 0 Å². The number of H-pyrrole nitrogens is 1. The average Bonchev–Trinajstić information content (AvgIpc) is 2.48. The van der Waals surface area contributed by atoms with Crippen LogP contribution in [-0.4, -0.2) is 27.7 Å². The topological polar surface area (TPSA) is 72.3 Å². The van der Waals surface area contributed by atoms with Crippen LogP contribution in [-0.2, 0) is 0 Å². The Morgan fingerprint density at radius 3 is 2.86 bits per heavy atom. The highest BCUT2D eigenvalue weighted by atomic mass is 32.1. The molecule has 0 unspecified atom stereocenters. The predicted octanol–water partition coefficient (Wildman–Crippen LogP) is 2.36. The molecule has 110 valence electrons. The van der Waals surface area contributed by atoms with Crippen LogP contribution in [0.4, 0.5) is 0 Å². The van der Waals surface area contributed by atoms with Gasteiger partial charge in [0.2, 0.25) is 4.77 Å². The first-order valence-electron chi connectivity index (χ1n) is 6.64. The summed E-state index contributed by atoms with van der Waals surface area (Å²) in [4.78, 5) is 11.5. The second-order valence-electron chi connectivity index (χ2n) is 4.34. The molecule has 0 fully saturated rings. The van der Waals surface area contributed by atoms with Crippen molar-refractivity contribution in [2.45, 2.75) is 19.8 Å². The van der Waals surface area contributed by atoms with Gasteiger partial charge in [-0.1, -0.05) is 13.3 Å². The van der Waals surface area contributed by atoms with Gasteiger partial charge in [-0.3, -0.25) is 9.89 Å². The van der Waals surface area contributed by atoms with Crippen LogP contribution < -0.4 is 10.3 Å². The average molecular weight is 304 g/mol. The number of unbranched alkanes of at least 4 members (excludes halogenated alkanes) is 1. The maximum atomic E-state index is 11.5. The van der Waals surface area contributed by atoms with Gasteiger partial charge in [0.15, 0.2) is 0 Å². The van der Waals surface area contributed by atoms with Gasteiger partial charge < -0.3 is 4.74 Å². The van der Waals surface area contributed by atoms with Crippen molar-refractivity contribution in [3.05, 3.63) is 51.2 Å². The van der Waals surface area contributed by atoms with Crippen LogP contribution >= 0.6 is 12.2 Å². The second-order valence-corrected chi connectivity index (χ2v) is 4.73. The van der Waals surface area contributed by atoms with Gasteiger partial charge >= 0.3 is 0 Å². The summed E-state index contributed by atoms with van der Waals surface area (Å²) in [5.41, 5.74) is 0.463. The van der Waals surface area contributed by atoms with E-state index >= 15 is 0 Å². The maximum absolute atomic E-state index is 11.5. The van der Waals surface area contributed by atoms with Crippen LogP contribution in [0, 0.1) is 4.77 Å². The largest absolute Gasteiger partial charge is 0.494 e. The summed E-state index contributed by atoms with van der Waals surface area (Å²) in [5, 5.41) is 10.1. The molecule has 6 nitrogen and oxygen atoms in total. The minimum Gasteiger partial charge on any atom is -0.494 e. The van der Waals surface area contributed by atoms with Crippen molar-refractivity contribution in [2.75, 3.05) is 6.61 Å². The molecule has 0 spiro atoms. The molecular formula is C14H16N4O2S. The van der Waals surface area contributed by atoms with Crippen molar-refractivity contribution < 1.29 is 4.74 Å². The van der Waals surface area contributed by atoms with E-state index in [1.165, 1.54) is 0 Å². The van der Waals surface area contributed by atoms with E-state index in [0.29, 0.717) is 6.61 Å². The molecular weight excluding hydrogens is 288 g/mol. The Morgan fingerprint density at radius 1 is 1.43 bits per heavy atom. The van der Waals surface area contributed by atoms with E-state index in [4.69, 9.17) is 17.0 Å². The third-order valence-electron chi connectivity index (χ3n) is 2.71. The monoisotopic (exact) mass is 304 g/mol. The quantitative estimate of drug-likeness (QED) is 0.505. The SMILES string of the molecule is CCCCOc1ccc(/C=N/n2c(=O)cn[nH]c2=S)cc1. The fraction of sp³-hybridized carbons (Fsp3) is 0.286. The lowest BCUT2D eigenvalue weighted by molar-refractivity contribution is 0.309. The van der Waals surface area contributed by atoms with Gasteiger partial charge in [0.25, 0.3) is 5.56 Å². The van der Waals surface area contributed by atoms with Gasteiger partial charge in [-0.15, -0.1) is 0 Å². The molecule has 0 atom stereocenters. The zero-order valence-corrected chi connectivity index (χ0v) is 12.5. The lowest BCUT2D eigenvalue weighted by Crippen LogP contribution is -2.18. The minimum atomic E-state index is -0.380. The summed E-state index contributed by atoms with van der Waals surface area (Å²) in [6, 6.07) is 7.47. The number of aromatic amines is 1. The molecule has 0 bridgehead atoms. The summed E-state index contributed by atoms with van der Waals surface area (Å²) in [6.07, 6.45) is 4.82. The van der Waals surface area contributed by atoms with Crippen LogP contribution in [0.15, 0.2) is 40.4 Å². The Balaban J connectivity index is 2.08. The van der Waals surface area contributed by atoms with Gasteiger partial charge in [0.05, 0.1) is 12.8 Å². The molecule has 2 rings (SSSR count). The Labute approximate surface area is 127 Å². The highest BCUT2D eigenvalue weighted by molar-refractivity contribution is 7.71. The fourth-order valence-electron chi connectivity index (χ4n) is 1.56. The Bertz CT molecular complexity index is 690. The first kappa shape index (κ1) is 15.1. The van der Waals surface area contributed by atoms with E-state index in [-0.39, 0.29) is 10.3 Å². The normalized spacial score (nSPS) is 10.9. The number of nitrogens with zero attached hydrogens (tertiary/aromatic N) is 3. The zero-order chi connectivity index (χ0) is 15.1. The second kappa shape index (κ2) is 7.49. The predicted molar refractivity (Wildman–Crippen MR) is 83.5 cm³/mol. The third kappa shape index (κ3) is 4.35. The molecule has 7 heteroatoms. The summed E-state index contributed by atoms with van der Waals surface area (Å²) in [6.45, 7) is 2.83. The molecule has 21 heavy (non-hydrogen) atoms. The van der Waals surface area contributed by atoms with Crippen molar-refractivity contribution in [3.8, 4) is 5.75 Å². The number of rotatable bonds is 6. The molecule has 0 aliphatic rings. The maximum Gasteiger partial charge on any atom is 0.293 e. The first-order valence-corrected chi connectivity index (χ1v) is 7.05. The Kier molecular flexibility index (Phi) is 5.39. The molecule has 1 aromatic heterocycles. The van der Waals surface area contributed by atoms with Crippen LogP contribution in [0.5, 0.6) is 5.75 Å². The molecule has 1 N–H and O–H groups in total. The van der Waals surface area contributed by atoms with Crippen LogP contribution in [0.3, 0.4) is 0 Å². The van der Waals surface area contributed by atoms with E-state index in [0.717, 1.165) is 35.0 Å². The van der Waals surface area contributed by atoms with Crippen molar-refractivity contribution in [3.63, 3.8) is 0 Å². The molecule has 0 saturated carbocycles. The van der Waals surface area contributed by atoms with Gasteiger partial charge in [-0.05, 0) is 48.5 Å². The van der Waals surface area contributed by atoms with Crippen molar-refractivity contribution in [1.82, 2.24) is 14.9 Å². The Morgan fingerprint density at radius 2 is 2.19 bits per heavy atom. The fourth-order valence-corrected chi connectivity index (χ4v) is 1.75. The standard InChI is InChI=1S/C14H16N4O2S/c1-2-3-8-20-12-6-4-11(5-7-12)9-16-18-13(19)10-15-17-14(18)21/h4-7,9-10H,2-3,8H2,1H3,(H,17,21)/b16-9+. The Hall–Kier alpha value is -2.28. The highest BCUT2D eigenvalue weighted by Gasteiger charge is 1.96. The molecule has 0 radical (unpaired) electrons. The lowest BCUT2D eigenvalue weighted by atomic mass is 10.2. The van der Waals surface area contributed by atoms with E-state index in [9.17, 15) is 4.79 Å². The van der Waals surface area contributed by atoms with E-state index in [1.807, 2.05) is 24.3 Å². The summed E-state index contributed by atoms with van der Waals surface area (Å²) >= 11 is 4.95. The summed E-state index contributed by atoms with van der Waals surface area (Å²) in [5.74, 6) is 0.818. The van der Waals surface area contributed by atoms with E-state index < -0.39 is 0 Å². The summed E-state index contributed by atoms with van der Waals surface area (Å²) < 4.78 is 6.80. The molecule has 2 aromatic rings. The molecule has 0 amide bonds. The number of hydrogen-bond acceptors (Lipinski definition) is 5. The lowest BCUT2D eigenvalue weighted by Gasteiger charge is -2.04. The highest BCUT2D eigenvalue weighted by Crippen LogP contribution is 2.11. The van der Waals surface area contributed by atoms with Crippen molar-refractivity contribution in [2.24, 2.45) is 5.10 Å². The number of nitrogens with one attached hydrogen (secondary N) is 1. The molecule has 0 aliphatic heterocycles. The number of aromatic nitrogens is 3. The molecule has 1 heterocycles. The van der Waals surface area contributed by atoms with Crippen LogP contribution in [0.1, 0.15) is 25.3 Å². The van der Waals surface area contributed by atoms with Gasteiger partial charge in [-0.25, -0.2) is 0 Å². The first-order chi connectivity index (χ1) is 10.2.